The van der Waals surface area contributed by atoms with Gasteiger partial charge in [-0.05, 0) is 244 Å². The fraction of sp³-hybridized carbons (Fsp3) is 0.393. The SMILES string of the molecule is CC(C)N(c1ccc(N(c2ccc(N(C(C)C)C(C)C)cc2)c2ccc3c(c2)c2cc(N(c4ccc(N(C(C)C)C(C)C)cc4)c4ccc(N(C(C)C)C(C)C)cc4)ccc2n3C#N)cc1)C(C)C. The average molecular weight is 923 g/mol. The zero-order valence-corrected chi connectivity index (χ0v) is 44.4. The summed E-state index contributed by atoms with van der Waals surface area (Å²) in [6.07, 6.45) is 2.53. The Balaban J connectivity index is 1.41. The summed E-state index contributed by atoms with van der Waals surface area (Å²) < 4.78 is 1.78. The first kappa shape index (κ1) is 50.3. The summed E-state index contributed by atoms with van der Waals surface area (Å²) in [4.78, 5) is 14.5. The van der Waals surface area contributed by atoms with Crippen LogP contribution in [0.4, 0.5) is 56.9 Å². The van der Waals surface area contributed by atoms with E-state index in [0.717, 1.165) is 55.9 Å². The van der Waals surface area contributed by atoms with Crippen LogP contribution in [0.2, 0.25) is 0 Å². The molecule has 1 heterocycles. The Kier molecular flexibility index (Phi) is 15.3. The van der Waals surface area contributed by atoms with E-state index in [1.54, 1.807) is 4.57 Å². The van der Waals surface area contributed by atoms with Gasteiger partial charge in [0.05, 0.1) is 11.0 Å². The highest BCUT2D eigenvalue weighted by atomic mass is 15.2. The lowest BCUT2D eigenvalue weighted by atomic mass is 10.1. The smallest absolute Gasteiger partial charge is 0.189 e. The quantitative estimate of drug-likeness (QED) is 0.0850. The second-order valence-electron chi connectivity index (χ2n) is 21.0. The Labute approximate surface area is 415 Å². The van der Waals surface area contributed by atoms with Crippen molar-refractivity contribution < 1.29 is 0 Å². The Bertz CT molecular complexity index is 2480. The first-order valence-electron chi connectivity index (χ1n) is 25.4. The van der Waals surface area contributed by atoms with Gasteiger partial charge in [-0.15, -0.1) is 0 Å². The van der Waals surface area contributed by atoms with E-state index in [9.17, 15) is 5.26 Å². The van der Waals surface area contributed by atoms with Crippen LogP contribution in [0, 0.1) is 11.5 Å². The van der Waals surface area contributed by atoms with Gasteiger partial charge in [-0.3, -0.25) is 0 Å². The standard InChI is InChI=1S/C61H78N8/c1-40(2)64(41(3)4)48-17-25-52(26-18-48)68(53-27-19-49(20-28-53)65(42(5)6)43(7)8)56-33-35-60-58(37-56)59-38-57(34-36-61(59)63(60)39-62)69(54-29-21-50(22-30-54)66(44(9)10)45(11)12)55-31-23-51(24-32-55)67(46(13)14)47(15)16/h17-38,40-47H,1-16H3. The number of rotatable bonds is 18. The summed E-state index contributed by atoms with van der Waals surface area (Å²) in [5, 5.41) is 12.8. The van der Waals surface area contributed by atoms with E-state index < -0.39 is 0 Å². The van der Waals surface area contributed by atoms with Crippen LogP contribution in [0.15, 0.2) is 133 Å². The van der Waals surface area contributed by atoms with Gasteiger partial charge in [-0.2, -0.15) is 5.26 Å². The third kappa shape index (κ3) is 10.3. The van der Waals surface area contributed by atoms with E-state index in [1.165, 1.54) is 22.7 Å². The fourth-order valence-corrected chi connectivity index (χ4v) is 11.1. The molecule has 0 fully saturated rings. The van der Waals surface area contributed by atoms with Crippen molar-refractivity contribution in [2.75, 3.05) is 29.4 Å². The molecule has 0 spiro atoms. The topological polar surface area (TPSA) is 48.2 Å². The van der Waals surface area contributed by atoms with E-state index in [2.05, 4.69) is 280 Å². The van der Waals surface area contributed by atoms with Crippen molar-refractivity contribution in [2.45, 2.75) is 159 Å². The van der Waals surface area contributed by atoms with Crippen molar-refractivity contribution in [3.8, 4) is 6.19 Å². The normalized spacial score (nSPS) is 11.9. The fourth-order valence-electron chi connectivity index (χ4n) is 11.1. The van der Waals surface area contributed by atoms with E-state index in [-0.39, 0.29) is 0 Å². The van der Waals surface area contributed by atoms with Gasteiger partial charge in [-0.1, -0.05) is 0 Å². The van der Waals surface area contributed by atoms with Crippen LogP contribution >= 0.6 is 0 Å². The van der Waals surface area contributed by atoms with Gasteiger partial charge in [-0.25, -0.2) is 4.57 Å². The molecule has 7 rings (SSSR count). The summed E-state index contributed by atoms with van der Waals surface area (Å²) >= 11 is 0. The van der Waals surface area contributed by atoms with E-state index in [1.807, 2.05) is 0 Å². The predicted molar refractivity (Wildman–Crippen MR) is 301 cm³/mol. The van der Waals surface area contributed by atoms with Crippen LogP contribution < -0.4 is 29.4 Å². The lowest BCUT2D eigenvalue weighted by molar-refractivity contribution is 0.608. The van der Waals surface area contributed by atoms with Crippen LogP contribution in [0.25, 0.3) is 21.8 Å². The number of benzene rings is 6. The number of nitriles is 1. The van der Waals surface area contributed by atoms with Gasteiger partial charge in [0.1, 0.15) is 0 Å². The Morgan fingerprint density at radius 2 is 0.478 bits per heavy atom. The second kappa shape index (κ2) is 21.0. The summed E-state index contributed by atoms with van der Waals surface area (Å²) in [7, 11) is 0. The molecular formula is C61H78N8. The molecule has 8 heteroatoms. The Morgan fingerprint density at radius 1 is 0.290 bits per heavy atom. The maximum absolute atomic E-state index is 10.8. The largest absolute Gasteiger partial charge is 0.367 e. The van der Waals surface area contributed by atoms with Crippen molar-refractivity contribution in [1.29, 1.82) is 5.26 Å². The molecule has 6 aromatic carbocycles. The molecule has 0 aliphatic rings. The number of aromatic nitrogens is 1. The molecule has 362 valence electrons. The molecule has 0 amide bonds. The van der Waals surface area contributed by atoms with Gasteiger partial charge in [0.2, 0.25) is 0 Å². The molecule has 0 bridgehead atoms. The van der Waals surface area contributed by atoms with Gasteiger partial charge >= 0.3 is 0 Å². The van der Waals surface area contributed by atoms with Crippen LogP contribution in [-0.4, -0.2) is 52.9 Å². The number of anilines is 10. The van der Waals surface area contributed by atoms with Crippen molar-refractivity contribution in [3.63, 3.8) is 0 Å². The molecule has 1 aromatic heterocycles. The second-order valence-corrected chi connectivity index (χ2v) is 21.0. The molecule has 0 N–H and O–H groups in total. The van der Waals surface area contributed by atoms with Crippen LogP contribution in [0.3, 0.4) is 0 Å². The Hall–Kier alpha value is -6.59. The van der Waals surface area contributed by atoms with E-state index in [4.69, 9.17) is 0 Å². The zero-order valence-electron chi connectivity index (χ0n) is 44.4. The van der Waals surface area contributed by atoms with Crippen LogP contribution in [0.1, 0.15) is 111 Å². The van der Waals surface area contributed by atoms with Gasteiger partial charge in [0.25, 0.3) is 0 Å². The maximum Gasteiger partial charge on any atom is 0.189 e. The van der Waals surface area contributed by atoms with Crippen LogP contribution in [0.5, 0.6) is 0 Å². The molecular weight excluding hydrogens is 845 g/mol. The maximum atomic E-state index is 10.8. The monoisotopic (exact) mass is 923 g/mol. The summed E-state index contributed by atoms with van der Waals surface area (Å²) in [5.41, 5.74) is 12.8. The predicted octanol–water partition coefficient (Wildman–Crippen LogP) is 16.6. The first-order chi connectivity index (χ1) is 32.8. The summed E-state index contributed by atoms with van der Waals surface area (Å²) in [6.45, 7) is 36.1. The lowest BCUT2D eigenvalue weighted by Gasteiger charge is -2.34. The molecule has 8 nitrogen and oxygen atoms in total. The third-order valence-corrected chi connectivity index (χ3v) is 13.4. The van der Waals surface area contributed by atoms with Crippen LogP contribution in [-0.2, 0) is 0 Å². The third-order valence-electron chi connectivity index (χ3n) is 13.4. The molecule has 0 atom stereocenters. The minimum absolute atomic E-state index is 0.365. The van der Waals surface area contributed by atoms with E-state index >= 15 is 0 Å². The molecule has 0 radical (unpaired) electrons. The van der Waals surface area contributed by atoms with Gasteiger partial charge < -0.3 is 29.4 Å². The highest BCUT2D eigenvalue weighted by Crippen LogP contribution is 2.43. The van der Waals surface area contributed by atoms with Gasteiger partial charge in [0, 0.05) is 116 Å². The highest BCUT2D eigenvalue weighted by Gasteiger charge is 2.23. The minimum Gasteiger partial charge on any atom is -0.367 e. The molecule has 0 aliphatic heterocycles. The van der Waals surface area contributed by atoms with Gasteiger partial charge in [0.15, 0.2) is 6.19 Å². The average Bonchev–Trinajstić information content (AvgIpc) is 3.60. The molecule has 0 unspecified atom stereocenters. The molecule has 0 saturated heterocycles. The van der Waals surface area contributed by atoms with Crippen molar-refractivity contribution >= 4 is 78.7 Å². The minimum atomic E-state index is 0.365. The highest BCUT2D eigenvalue weighted by molar-refractivity contribution is 6.11. The van der Waals surface area contributed by atoms with Crippen molar-refractivity contribution in [1.82, 2.24) is 4.57 Å². The summed E-state index contributed by atoms with van der Waals surface area (Å²) in [5.74, 6) is 0. The number of fused-ring (bicyclic) bond motifs is 3. The van der Waals surface area contributed by atoms with E-state index in [0.29, 0.717) is 48.3 Å². The number of hydrogen-bond donors (Lipinski definition) is 0. The lowest BCUT2D eigenvalue weighted by Crippen LogP contribution is -2.37. The number of nitrogens with zero attached hydrogens (tertiary/aromatic N) is 8. The summed E-state index contributed by atoms with van der Waals surface area (Å²) in [6, 6.07) is 52.0. The molecule has 69 heavy (non-hydrogen) atoms. The molecule has 0 saturated carbocycles. The zero-order chi connectivity index (χ0) is 50.0. The first-order valence-corrected chi connectivity index (χ1v) is 25.4. The molecule has 0 aliphatic carbocycles. The number of hydrogen-bond acceptors (Lipinski definition) is 7. The molecule has 7 aromatic rings. The van der Waals surface area contributed by atoms with Crippen molar-refractivity contribution in [2.24, 2.45) is 0 Å². The Morgan fingerprint density at radius 3 is 0.667 bits per heavy atom. The van der Waals surface area contributed by atoms with Crippen molar-refractivity contribution in [3.05, 3.63) is 133 Å².